The highest BCUT2D eigenvalue weighted by atomic mass is 79.9. The van der Waals surface area contributed by atoms with Gasteiger partial charge in [-0.25, -0.2) is 4.68 Å². The minimum Gasteiger partial charge on any atom is -0.448 e. The van der Waals surface area contributed by atoms with Crippen molar-refractivity contribution in [3.8, 4) is 17.1 Å². The Morgan fingerprint density at radius 3 is 2.48 bits per heavy atom. The monoisotopic (exact) mass is 344 g/mol. The van der Waals surface area contributed by atoms with Crippen molar-refractivity contribution in [2.45, 2.75) is 13.8 Å². The van der Waals surface area contributed by atoms with Gasteiger partial charge in [0.25, 0.3) is 0 Å². The molecule has 3 rings (SSSR count). The van der Waals surface area contributed by atoms with Crippen LogP contribution in [0.3, 0.4) is 0 Å². The van der Waals surface area contributed by atoms with Crippen molar-refractivity contribution in [1.29, 1.82) is 0 Å². The Labute approximate surface area is 130 Å². The molecule has 0 aliphatic heterocycles. The number of aryl methyl sites for hydroxylation is 2. The summed E-state index contributed by atoms with van der Waals surface area (Å²) < 4.78 is 7.80. The zero-order chi connectivity index (χ0) is 15.0. The maximum Gasteiger partial charge on any atom is 0.169 e. The third-order valence-electron chi connectivity index (χ3n) is 3.15. The first kappa shape index (κ1) is 13.8. The molecule has 4 nitrogen and oxygen atoms in total. The Balaban J connectivity index is 2.13. The summed E-state index contributed by atoms with van der Waals surface area (Å²) in [6.07, 6.45) is 2.50. The molecule has 3 aromatic rings. The molecule has 0 bridgehead atoms. The first-order chi connectivity index (χ1) is 10.1. The van der Waals surface area contributed by atoms with E-state index in [1.54, 1.807) is 23.0 Å². The van der Waals surface area contributed by atoms with Crippen molar-refractivity contribution in [3.63, 3.8) is 0 Å². The number of halogens is 1. The van der Waals surface area contributed by atoms with Crippen LogP contribution in [0.25, 0.3) is 17.1 Å². The fraction of sp³-hybridized carbons (Fsp3) is 0.125. The number of carbonyl (C=O) groups excluding carboxylic acids is 1. The van der Waals surface area contributed by atoms with Gasteiger partial charge in [0.05, 0.1) is 11.3 Å². The van der Waals surface area contributed by atoms with E-state index in [0.29, 0.717) is 21.7 Å². The van der Waals surface area contributed by atoms with Crippen molar-refractivity contribution in [1.82, 2.24) is 9.78 Å². The lowest BCUT2D eigenvalue weighted by Crippen LogP contribution is -1.96. The lowest BCUT2D eigenvalue weighted by atomic mass is 10.1. The first-order valence-electron chi connectivity index (χ1n) is 6.46. The molecule has 0 fully saturated rings. The molecule has 2 heterocycles. The third-order valence-corrected chi connectivity index (χ3v) is 3.57. The Bertz CT molecular complexity index is 797. The molecular weight excluding hydrogens is 332 g/mol. The summed E-state index contributed by atoms with van der Waals surface area (Å²) in [6.45, 7) is 4.07. The second kappa shape index (κ2) is 5.33. The summed E-state index contributed by atoms with van der Waals surface area (Å²) in [7, 11) is 0. The van der Waals surface area contributed by atoms with Crippen LogP contribution < -0.4 is 0 Å². The highest BCUT2D eigenvalue weighted by molar-refractivity contribution is 9.10. The molecule has 21 heavy (non-hydrogen) atoms. The maximum absolute atomic E-state index is 11.3. The van der Waals surface area contributed by atoms with Gasteiger partial charge >= 0.3 is 0 Å². The van der Waals surface area contributed by atoms with Crippen LogP contribution in [-0.2, 0) is 0 Å². The van der Waals surface area contributed by atoms with Crippen molar-refractivity contribution in [2.75, 3.05) is 0 Å². The van der Waals surface area contributed by atoms with E-state index in [-0.39, 0.29) is 0 Å². The summed E-state index contributed by atoms with van der Waals surface area (Å²) in [5.41, 5.74) is 4.25. The molecule has 0 atom stereocenters. The van der Waals surface area contributed by atoms with E-state index in [2.05, 4.69) is 27.1 Å². The van der Waals surface area contributed by atoms with Gasteiger partial charge in [0.2, 0.25) is 0 Å². The highest BCUT2D eigenvalue weighted by Gasteiger charge is 2.15. The van der Waals surface area contributed by atoms with E-state index in [0.717, 1.165) is 23.1 Å². The fourth-order valence-corrected chi connectivity index (χ4v) is 2.63. The second-order valence-corrected chi connectivity index (χ2v) is 5.73. The smallest absolute Gasteiger partial charge is 0.169 e. The van der Waals surface area contributed by atoms with Crippen LogP contribution in [0.2, 0.25) is 0 Å². The zero-order valence-electron chi connectivity index (χ0n) is 11.6. The predicted molar refractivity (Wildman–Crippen MR) is 83.8 cm³/mol. The molecule has 0 aliphatic rings. The van der Waals surface area contributed by atoms with Crippen molar-refractivity contribution in [3.05, 3.63) is 57.9 Å². The van der Waals surface area contributed by atoms with E-state index in [1.165, 1.54) is 0 Å². The molecule has 0 radical (unpaired) electrons. The standard InChI is InChI=1S/C16H13BrN2O2/c1-10-5-11(2)7-13(6-10)19-8-12(9-20)16(18-19)14-3-4-15(17)21-14/h3-9H,1-2H3. The largest absolute Gasteiger partial charge is 0.448 e. The molecule has 0 spiro atoms. The van der Waals surface area contributed by atoms with Gasteiger partial charge in [0.1, 0.15) is 5.69 Å². The van der Waals surface area contributed by atoms with Crippen molar-refractivity contribution < 1.29 is 9.21 Å². The van der Waals surface area contributed by atoms with E-state index in [1.807, 2.05) is 26.0 Å². The highest BCUT2D eigenvalue weighted by Crippen LogP contribution is 2.27. The van der Waals surface area contributed by atoms with E-state index in [4.69, 9.17) is 4.42 Å². The molecule has 0 saturated carbocycles. The normalized spacial score (nSPS) is 10.8. The molecule has 106 valence electrons. The number of aromatic nitrogens is 2. The lowest BCUT2D eigenvalue weighted by Gasteiger charge is -2.04. The molecule has 0 aliphatic carbocycles. The minimum atomic E-state index is 0.496. The molecule has 1 aromatic carbocycles. The average molecular weight is 345 g/mol. The zero-order valence-corrected chi connectivity index (χ0v) is 13.2. The molecule has 5 heteroatoms. The van der Waals surface area contributed by atoms with Crippen LogP contribution in [0.4, 0.5) is 0 Å². The van der Waals surface area contributed by atoms with Gasteiger partial charge in [-0.15, -0.1) is 0 Å². The number of carbonyl (C=O) groups is 1. The van der Waals surface area contributed by atoms with Crippen LogP contribution in [0.5, 0.6) is 0 Å². The number of rotatable bonds is 3. The number of nitrogens with zero attached hydrogens (tertiary/aromatic N) is 2. The topological polar surface area (TPSA) is 48.0 Å². The lowest BCUT2D eigenvalue weighted by molar-refractivity contribution is 0.112. The van der Waals surface area contributed by atoms with Crippen LogP contribution in [0.1, 0.15) is 21.5 Å². The Hall–Kier alpha value is -2.14. The molecule has 2 aromatic heterocycles. The quantitative estimate of drug-likeness (QED) is 0.664. The van der Waals surface area contributed by atoms with E-state index in [9.17, 15) is 4.79 Å². The van der Waals surface area contributed by atoms with Crippen LogP contribution in [0, 0.1) is 13.8 Å². The minimum absolute atomic E-state index is 0.496. The van der Waals surface area contributed by atoms with Gasteiger partial charge in [-0.3, -0.25) is 4.79 Å². The molecule has 0 amide bonds. The predicted octanol–water partition coefficient (Wildman–Crippen LogP) is 4.32. The average Bonchev–Trinajstić information content (AvgIpc) is 3.03. The van der Waals surface area contributed by atoms with Crippen molar-refractivity contribution >= 4 is 22.2 Å². The van der Waals surface area contributed by atoms with Gasteiger partial charge in [-0.2, -0.15) is 5.10 Å². The fourth-order valence-electron chi connectivity index (χ4n) is 2.32. The van der Waals surface area contributed by atoms with Crippen LogP contribution in [-0.4, -0.2) is 16.1 Å². The SMILES string of the molecule is Cc1cc(C)cc(-n2cc(C=O)c(-c3ccc(Br)o3)n2)c1. The molecular formula is C16H13BrN2O2. The van der Waals surface area contributed by atoms with Gasteiger partial charge in [0, 0.05) is 6.20 Å². The number of furan rings is 1. The first-order valence-corrected chi connectivity index (χ1v) is 7.25. The Kier molecular flexibility index (Phi) is 3.51. The number of aldehydes is 1. The van der Waals surface area contributed by atoms with Crippen LogP contribution >= 0.6 is 15.9 Å². The summed E-state index contributed by atoms with van der Waals surface area (Å²) in [5, 5.41) is 4.49. The number of benzene rings is 1. The summed E-state index contributed by atoms with van der Waals surface area (Å²) >= 11 is 3.26. The molecule has 0 unspecified atom stereocenters. The van der Waals surface area contributed by atoms with E-state index >= 15 is 0 Å². The van der Waals surface area contributed by atoms with Crippen LogP contribution in [0.15, 0.2) is 45.6 Å². The maximum atomic E-state index is 11.3. The Morgan fingerprint density at radius 1 is 1.19 bits per heavy atom. The van der Waals surface area contributed by atoms with Gasteiger partial charge in [-0.05, 0) is 65.2 Å². The van der Waals surface area contributed by atoms with E-state index < -0.39 is 0 Å². The second-order valence-electron chi connectivity index (χ2n) is 4.95. The van der Waals surface area contributed by atoms with Gasteiger partial charge in [0.15, 0.2) is 16.7 Å². The van der Waals surface area contributed by atoms with Gasteiger partial charge < -0.3 is 4.42 Å². The third kappa shape index (κ3) is 2.69. The van der Waals surface area contributed by atoms with Gasteiger partial charge in [-0.1, -0.05) is 6.07 Å². The summed E-state index contributed by atoms with van der Waals surface area (Å²) in [6, 6.07) is 9.70. The summed E-state index contributed by atoms with van der Waals surface area (Å²) in [4.78, 5) is 11.3. The van der Waals surface area contributed by atoms with Crippen molar-refractivity contribution in [2.24, 2.45) is 0 Å². The summed E-state index contributed by atoms with van der Waals surface area (Å²) in [5.74, 6) is 0.562. The molecule has 0 N–H and O–H groups in total. The Morgan fingerprint density at radius 2 is 1.90 bits per heavy atom. The molecule has 0 saturated heterocycles. The number of hydrogen-bond donors (Lipinski definition) is 0. The number of hydrogen-bond acceptors (Lipinski definition) is 3.